The first-order valence-corrected chi connectivity index (χ1v) is 10.9. The third-order valence-corrected chi connectivity index (χ3v) is 6.00. The molecule has 0 amide bonds. The summed E-state index contributed by atoms with van der Waals surface area (Å²) in [5, 5.41) is 0. The molecule has 1 unspecified atom stereocenters. The number of hydrogen-bond acceptors (Lipinski definition) is 0. The molecule has 0 heterocycles. The Kier molecular flexibility index (Phi) is 11.3. The van der Waals surface area contributed by atoms with Crippen LogP contribution in [0, 0.1) is 6.07 Å². The molecule has 0 aromatic heterocycles. The molecular weight excluding hydrogens is 534 g/mol. The molecule has 2 aliphatic rings. The third-order valence-electron chi connectivity index (χ3n) is 6.00. The maximum Gasteiger partial charge on any atom is 3.00 e. The summed E-state index contributed by atoms with van der Waals surface area (Å²) in [7, 11) is 0. The fraction of sp³-hybridized carbons (Fsp3) is 0.0968. The summed E-state index contributed by atoms with van der Waals surface area (Å²) >= 11 is 0. The van der Waals surface area contributed by atoms with Crippen LogP contribution in [0.2, 0.25) is 0 Å². The van der Waals surface area contributed by atoms with Crippen molar-refractivity contribution < 1.29 is 51.0 Å². The number of rotatable bonds is 3. The second kappa shape index (κ2) is 13.6. The van der Waals surface area contributed by atoms with Gasteiger partial charge in [0.25, 0.3) is 0 Å². The van der Waals surface area contributed by atoms with Crippen LogP contribution in [0.1, 0.15) is 34.6 Å². The average molecular weight is 560 g/mol. The Labute approximate surface area is 234 Å². The Balaban J connectivity index is 0.000000231. The van der Waals surface area contributed by atoms with E-state index in [1.807, 2.05) is 6.07 Å². The first kappa shape index (κ1) is 28.1. The van der Waals surface area contributed by atoms with Crippen molar-refractivity contribution in [2.45, 2.75) is 18.8 Å². The van der Waals surface area contributed by atoms with E-state index in [4.69, 9.17) is 0 Å². The summed E-state index contributed by atoms with van der Waals surface area (Å²) in [6.45, 7) is 0. The molecule has 4 aromatic rings. The van der Waals surface area contributed by atoms with E-state index in [-0.39, 0.29) is 51.0 Å². The molecule has 2 aliphatic carbocycles. The molecule has 6 rings (SSSR count). The largest absolute Gasteiger partial charge is 3.00 e. The predicted octanol–water partition coefficient (Wildman–Crippen LogP) is 1.77. The number of benzene rings is 4. The SMILES string of the molecule is [Cl-].[Cl-].[Zr+3].[c-]1cccc2c1C(C1=CC=CC1)c1ccccc1-2.c1ccc(Cc2ccccc2)cc1. The van der Waals surface area contributed by atoms with Gasteiger partial charge in [0.1, 0.15) is 0 Å². The van der Waals surface area contributed by atoms with Crippen LogP contribution >= 0.6 is 0 Å². The van der Waals surface area contributed by atoms with Gasteiger partial charge in [-0.25, -0.2) is 0 Å². The Morgan fingerprint density at radius 1 is 0.676 bits per heavy atom. The zero-order valence-electron chi connectivity index (χ0n) is 18.8. The van der Waals surface area contributed by atoms with E-state index in [0.29, 0.717) is 5.92 Å². The molecule has 0 spiro atoms. The zero-order chi connectivity index (χ0) is 20.9. The number of hydrogen-bond donors (Lipinski definition) is 0. The molecule has 0 aliphatic heterocycles. The Morgan fingerprint density at radius 2 is 1.26 bits per heavy atom. The van der Waals surface area contributed by atoms with E-state index >= 15 is 0 Å². The van der Waals surface area contributed by atoms with Crippen LogP contribution in [0.25, 0.3) is 11.1 Å². The molecule has 0 nitrogen and oxygen atoms in total. The van der Waals surface area contributed by atoms with Gasteiger partial charge in [0.2, 0.25) is 0 Å². The van der Waals surface area contributed by atoms with E-state index in [1.54, 1.807) is 0 Å². The van der Waals surface area contributed by atoms with E-state index in [2.05, 4.69) is 121 Å². The fourth-order valence-corrected chi connectivity index (χ4v) is 4.56. The van der Waals surface area contributed by atoms with Gasteiger partial charge in [0.05, 0.1) is 0 Å². The van der Waals surface area contributed by atoms with Gasteiger partial charge in [-0.1, -0.05) is 114 Å². The topological polar surface area (TPSA) is 0 Å². The number of fused-ring (bicyclic) bond motifs is 3. The molecule has 3 heteroatoms. The monoisotopic (exact) mass is 557 g/mol. The quantitative estimate of drug-likeness (QED) is 0.336. The zero-order valence-corrected chi connectivity index (χ0v) is 22.8. The fourth-order valence-electron chi connectivity index (χ4n) is 4.56. The van der Waals surface area contributed by atoms with E-state index in [1.165, 1.54) is 39.0 Å². The van der Waals surface area contributed by atoms with Gasteiger partial charge in [0.15, 0.2) is 0 Å². The molecule has 0 saturated heterocycles. The van der Waals surface area contributed by atoms with Crippen molar-refractivity contribution in [3.05, 3.63) is 155 Å². The molecule has 0 bridgehead atoms. The molecule has 0 saturated carbocycles. The molecule has 1 radical (unpaired) electrons. The molecule has 0 fully saturated rings. The third kappa shape index (κ3) is 6.28. The van der Waals surface area contributed by atoms with Crippen LogP contribution in [0.15, 0.2) is 127 Å². The minimum absolute atomic E-state index is 0. The molecule has 167 valence electrons. The summed E-state index contributed by atoms with van der Waals surface area (Å²) in [6, 6.07) is 39.6. The second-order valence-corrected chi connectivity index (χ2v) is 8.04. The molecule has 4 aromatic carbocycles. The van der Waals surface area contributed by atoms with Gasteiger partial charge in [-0.3, -0.25) is 0 Å². The standard InChI is InChI=1S/C18H13.C13H12.2ClH.Zr/c1-2-8-13(7-1)18-16-11-5-3-9-14(16)15-10-4-6-12-17(15)18;1-3-7-12(8-4-1)11-13-9-5-2-6-10-13;;;/h1-7,9-11,18H,8H2;1-10H,11H2;2*1H;/q-1;;;;+3/p-2. The Hall–Kier alpha value is -2.18. The Bertz CT molecular complexity index is 1150. The van der Waals surface area contributed by atoms with Crippen molar-refractivity contribution in [1.82, 2.24) is 0 Å². The van der Waals surface area contributed by atoms with E-state index in [0.717, 1.165) is 12.8 Å². The van der Waals surface area contributed by atoms with Crippen LogP contribution in [0.5, 0.6) is 0 Å². The first-order chi connectivity index (χ1) is 15.4. The second-order valence-electron chi connectivity index (χ2n) is 8.04. The van der Waals surface area contributed by atoms with Gasteiger partial charge in [-0.15, -0.1) is 11.1 Å². The normalized spacial score (nSPS) is 14.1. The maximum absolute atomic E-state index is 3.45. The van der Waals surface area contributed by atoms with Crippen LogP contribution in [-0.4, -0.2) is 0 Å². The van der Waals surface area contributed by atoms with Gasteiger partial charge in [0, 0.05) is 5.92 Å². The minimum atomic E-state index is 0. The van der Waals surface area contributed by atoms with Crippen molar-refractivity contribution in [1.29, 1.82) is 0 Å². The van der Waals surface area contributed by atoms with Crippen LogP contribution in [0.3, 0.4) is 0 Å². The van der Waals surface area contributed by atoms with Crippen LogP contribution in [0.4, 0.5) is 0 Å². The van der Waals surface area contributed by atoms with Crippen molar-refractivity contribution in [3.8, 4) is 11.1 Å². The summed E-state index contributed by atoms with van der Waals surface area (Å²) in [5.41, 5.74) is 9.73. The molecule has 1 atom stereocenters. The first-order valence-electron chi connectivity index (χ1n) is 10.9. The van der Waals surface area contributed by atoms with Crippen LogP contribution < -0.4 is 24.8 Å². The molecule has 34 heavy (non-hydrogen) atoms. The van der Waals surface area contributed by atoms with E-state index < -0.39 is 0 Å². The summed E-state index contributed by atoms with van der Waals surface area (Å²) in [4.78, 5) is 0. The van der Waals surface area contributed by atoms with E-state index in [9.17, 15) is 0 Å². The van der Waals surface area contributed by atoms with Gasteiger partial charge >= 0.3 is 26.2 Å². The van der Waals surface area contributed by atoms with Gasteiger partial charge in [-0.2, -0.15) is 24.3 Å². The van der Waals surface area contributed by atoms with Crippen molar-refractivity contribution in [2.24, 2.45) is 0 Å². The summed E-state index contributed by atoms with van der Waals surface area (Å²) < 4.78 is 0. The average Bonchev–Trinajstić information content (AvgIpc) is 3.47. The Morgan fingerprint density at radius 3 is 1.88 bits per heavy atom. The van der Waals surface area contributed by atoms with Gasteiger partial charge < -0.3 is 24.8 Å². The van der Waals surface area contributed by atoms with Crippen molar-refractivity contribution in [3.63, 3.8) is 0 Å². The smallest absolute Gasteiger partial charge is 1.00 e. The van der Waals surface area contributed by atoms with Gasteiger partial charge in [-0.05, 0) is 29.5 Å². The molecule has 0 N–H and O–H groups in total. The van der Waals surface area contributed by atoms with Crippen molar-refractivity contribution in [2.75, 3.05) is 0 Å². The van der Waals surface area contributed by atoms with Crippen LogP contribution in [-0.2, 0) is 32.6 Å². The number of halogens is 2. The predicted molar refractivity (Wildman–Crippen MR) is 130 cm³/mol. The molecular formula is C31H25Cl2Zr. The summed E-state index contributed by atoms with van der Waals surface area (Å²) in [5.74, 6) is 0.410. The number of allylic oxidation sites excluding steroid dienone is 4. The maximum atomic E-state index is 3.45. The summed E-state index contributed by atoms with van der Waals surface area (Å²) in [6.07, 6.45) is 8.76. The minimum Gasteiger partial charge on any atom is -1.00 e. The van der Waals surface area contributed by atoms with Crippen molar-refractivity contribution >= 4 is 0 Å².